The van der Waals surface area contributed by atoms with Crippen molar-refractivity contribution in [3.05, 3.63) is 28.3 Å². The molecular weight excluding hydrogens is 284 g/mol. The number of nitrogens with one attached hydrogen (secondary N) is 1. The maximum absolute atomic E-state index is 12.3. The number of nitrogens with zero attached hydrogens (tertiary/aromatic N) is 2. The minimum absolute atomic E-state index is 0.165. The van der Waals surface area contributed by atoms with Gasteiger partial charge in [-0.25, -0.2) is 13.1 Å². The van der Waals surface area contributed by atoms with Gasteiger partial charge in [0, 0.05) is 12.6 Å². The van der Waals surface area contributed by atoms with Gasteiger partial charge < -0.3 is 10.6 Å². The lowest BCUT2D eigenvalue weighted by atomic mass is 10.3. The summed E-state index contributed by atoms with van der Waals surface area (Å²) >= 11 is 0. The van der Waals surface area contributed by atoms with Crippen LogP contribution in [0.1, 0.15) is 6.42 Å². The topological polar surface area (TPSA) is 119 Å². The average Bonchev–Trinajstić information content (AvgIpc) is 2.73. The molecule has 1 heterocycles. The molecule has 0 amide bonds. The Morgan fingerprint density at radius 1 is 1.50 bits per heavy atom. The highest BCUT2D eigenvalue weighted by molar-refractivity contribution is 7.89. The highest BCUT2D eigenvalue weighted by Crippen LogP contribution is 2.29. The number of benzene rings is 1. The number of likely N-dealkylation sites (N-methyl/N-ethyl adjacent to an activating group) is 1. The number of sulfonamides is 1. The fourth-order valence-corrected chi connectivity index (χ4v) is 3.73. The van der Waals surface area contributed by atoms with E-state index in [9.17, 15) is 18.5 Å². The summed E-state index contributed by atoms with van der Waals surface area (Å²) in [5.74, 6) is 0. The molecule has 1 aliphatic rings. The first-order chi connectivity index (χ1) is 9.31. The molecule has 0 bridgehead atoms. The van der Waals surface area contributed by atoms with Crippen LogP contribution in [-0.2, 0) is 10.0 Å². The molecule has 0 saturated carbocycles. The summed E-state index contributed by atoms with van der Waals surface area (Å²) in [5, 5.41) is 11.0. The first-order valence-corrected chi connectivity index (χ1v) is 7.53. The first kappa shape index (κ1) is 14.7. The number of likely N-dealkylation sites (tertiary alicyclic amines) is 1. The molecule has 1 atom stereocenters. The van der Waals surface area contributed by atoms with Crippen molar-refractivity contribution in [3.8, 4) is 0 Å². The predicted molar refractivity (Wildman–Crippen MR) is 73.7 cm³/mol. The number of nitrogens with two attached hydrogens (primary N) is 1. The van der Waals surface area contributed by atoms with Gasteiger partial charge >= 0.3 is 5.69 Å². The Balaban J connectivity index is 2.35. The molecule has 0 radical (unpaired) electrons. The molecule has 8 nitrogen and oxygen atoms in total. The third-order valence-corrected chi connectivity index (χ3v) is 4.77. The molecule has 20 heavy (non-hydrogen) atoms. The van der Waals surface area contributed by atoms with E-state index in [1.54, 1.807) is 0 Å². The van der Waals surface area contributed by atoms with Crippen LogP contribution in [0.25, 0.3) is 0 Å². The van der Waals surface area contributed by atoms with Crippen LogP contribution in [0.15, 0.2) is 23.1 Å². The normalized spacial score (nSPS) is 20.1. The number of hydrogen-bond acceptors (Lipinski definition) is 6. The lowest BCUT2D eigenvalue weighted by molar-refractivity contribution is -0.386. The maximum Gasteiger partial charge on any atom is 0.312 e. The van der Waals surface area contributed by atoms with Crippen molar-refractivity contribution in [2.45, 2.75) is 17.4 Å². The second-order valence-corrected chi connectivity index (χ2v) is 6.50. The lowest BCUT2D eigenvalue weighted by Gasteiger charge is -2.13. The molecular formula is C11H16N4O4S. The molecule has 3 N–H and O–H groups in total. The molecule has 0 spiro atoms. The van der Waals surface area contributed by atoms with E-state index in [1.165, 1.54) is 18.2 Å². The number of nitro benzene ring substituents is 1. The molecule has 1 saturated heterocycles. The van der Waals surface area contributed by atoms with Crippen LogP contribution in [-0.4, -0.2) is 44.4 Å². The van der Waals surface area contributed by atoms with E-state index in [0.717, 1.165) is 6.54 Å². The quantitative estimate of drug-likeness (QED) is 0.464. The third-order valence-electron chi connectivity index (χ3n) is 3.22. The molecule has 110 valence electrons. The Hall–Kier alpha value is -1.71. The SMILES string of the molecule is CN1CCC(NS(=O)(=O)c2cccc(N)c2[N+](=O)[O-])C1. The van der Waals surface area contributed by atoms with Gasteiger partial charge in [0.2, 0.25) is 10.0 Å². The zero-order valence-electron chi connectivity index (χ0n) is 10.9. The number of hydrogen-bond donors (Lipinski definition) is 2. The molecule has 0 aromatic heterocycles. The average molecular weight is 300 g/mol. The van der Waals surface area contributed by atoms with Crippen molar-refractivity contribution in [2.24, 2.45) is 0 Å². The van der Waals surface area contributed by atoms with E-state index >= 15 is 0 Å². The van der Waals surface area contributed by atoms with Crippen LogP contribution in [0, 0.1) is 10.1 Å². The molecule has 1 fully saturated rings. The van der Waals surface area contributed by atoms with E-state index in [1.807, 2.05) is 11.9 Å². The van der Waals surface area contributed by atoms with Crippen LogP contribution in [0.4, 0.5) is 11.4 Å². The van der Waals surface area contributed by atoms with E-state index in [-0.39, 0.29) is 11.7 Å². The smallest absolute Gasteiger partial charge is 0.312 e. The van der Waals surface area contributed by atoms with Crippen LogP contribution in [0.2, 0.25) is 0 Å². The van der Waals surface area contributed by atoms with Crippen LogP contribution in [0.5, 0.6) is 0 Å². The summed E-state index contributed by atoms with van der Waals surface area (Å²) in [6.45, 7) is 1.36. The van der Waals surface area contributed by atoms with E-state index < -0.39 is 25.5 Å². The van der Waals surface area contributed by atoms with Crippen LogP contribution < -0.4 is 10.5 Å². The van der Waals surface area contributed by atoms with Gasteiger partial charge in [-0.3, -0.25) is 10.1 Å². The fraction of sp³-hybridized carbons (Fsp3) is 0.455. The first-order valence-electron chi connectivity index (χ1n) is 6.05. The zero-order chi connectivity index (χ0) is 14.9. The number of rotatable bonds is 4. The standard InChI is InChI=1S/C11H16N4O4S/c1-14-6-5-8(7-14)13-20(18,19)10-4-2-3-9(12)11(10)15(16)17/h2-4,8,13H,5-7,12H2,1H3. The Morgan fingerprint density at radius 2 is 2.20 bits per heavy atom. The summed E-state index contributed by atoms with van der Waals surface area (Å²) < 4.78 is 27.1. The summed E-state index contributed by atoms with van der Waals surface area (Å²) in [4.78, 5) is 11.8. The van der Waals surface area contributed by atoms with Crippen molar-refractivity contribution in [1.29, 1.82) is 0 Å². The summed E-state index contributed by atoms with van der Waals surface area (Å²) in [7, 11) is -2.08. The monoisotopic (exact) mass is 300 g/mol. The van der Waals surface area contributed by atoms with Crippen molar-refractivity contribution in [1.82, 2.24) is 9.62 Å². The Labute approximate surface area is 116 Å². The molecule has 1 aliphatic heterocycles. The van der Waals surface area contributed by atoms with Crippen molar-refractivity contribution in [3.63, 3.8) is 0 Å². The molecule has 1 unspecified atom stereocenters. The molecule has 9 heteroatoms. The van der Waals surface area contributed by atoms with Crippen molar-refractivity contribution >= 4 is 21.4 Å². The second kappa shape index (κ2) is 5.35. The summed E-state index contributed by atoms with van der Waals surface area (Å²) in [5.41, 5.74) is 4.76. The van der Waals surface area contributed by atoms with Gasteiger partial charge in [-0.2, -0.15) is 0 Å². The third kappa shape index (κ3) is 2.89. The fourth-order valence-electron chi connectivity index (χ4n) is 2.27. The predicted octanol–water partition coefficient (Wildman–Crippen LogP) is 0.159. The molecule has 0 aliphatic carbocycles. The number of nitrogen functional groups attached to an aromatic ring is 1. The van der Waals surface area contributed by atoms with Gasteiger partial charge in [0.1, 0.15) is 5.69 Å². The summed E-state index contributed by atoms with van der Waals surface area (Å²) in [6.07, 6.45) is 0.672. The number of para-hydroxylation sites is 1. The van der Waals surface area contributed by atoms with Crippen LogP contribution in [0.3, 0.4) is 0 Å². The minimum Gasteiger partial charge on any atom is -0.393 e. The lowest BCUT2D eigenvalue weighted by Crippen LogP contribution is -2.36. The minimum atomic E-state index is -3.96. The van der Waals surface area contributed by atoms with E-state index in [4.69, 9.17) is 5.73 Å². The van der Waals surface area contributed by atoms with Gasteiger partial charge in [-0.05, 0) is 32.1 Å². The van der Waals surface area contributed by atoms with Crippen molar-refractivity contribution < 1.29 is 13.3 Å². The number of nitro groups is 1. The molecule has 1 aromatic rings. The second-order valence-electron chi connectivity index (χ2n) is 4.82. The highest BCUT2D eigenvalue weighted by atomic mass is 32.2. The van der Waals surface area contributed by atoms with Gasteiger partial charge in [-0.15, -0.1) is 0 Å². The van der Waals surface area contributed by atoms with Gasteiger partial charge in [-0.1, -0.05) is 6.07 Å². The van der Waals surface area contributed by atoms with Gasteiger partial charge in [0.15, 0.2) is 4.90 Å². The van der Waals surface area contributed by atoms with E-state index in [2.05, 4.69) is 4.72 Å². The maximum atomic E-state index is 12.3. The molecule has 1 aromatic carbocycles. The van der Waals surface area contributed by atoms with Gasteiger partial charge in [0.25, 0.3) is 0 Å². The Morgan fingerprint density at radius 3 is 2.75 bits per heavy atom. The summed E-state index contributed by atoms with van der Waals surface area (Å²) in [6, 6.07) is 3.64. The molecule has 2 rings (SSSR count). The Bertz CT molecular complexity index is 631. The zero-order valence-corrected chi connectivity index (χ0v) is 11.8. The number of anilines is 1. The Kier molecular flexibility index (Phi) is 3.93. The van der Waals surface area contributed by atoms with Crippen molar-refractivity contribution in [2.75, 3.05) is 25.9 Å². The van der Waals surface area contributed by atoms with Crippen LogP contribution >= 0.6 is 0 Å². The highest BCUT2D eigenvalue weighted by Gasteiger charge is 2.31. The van der Waals surface area contributed by atoms with E-state index in [0.29, 0.717) is 13.0 Å². The largest absolute Gasteiger partial charge is 0.393 e. The van der Waals surface area contributed by atoms with Gasteiger partial charge in [0.05, 0.1) is 4.92 Å².